The molecule has 0 spiro atoms. The van der Waals surface area contributed by atoms with Gasteiger partial charge >= 0.3 is 0 Å². The van der Waals surface area contributed by atoms with Crippen LogP contribution >= 0.6 is 0 Å². The second kappa shape index (κ2) is 5.19. The number of nitrogens with zero attached hydrogens (tertiary/aromatic N) is 1. The summed E-state index contributed by atoms with van der Waals surface area (Å²) < 4.78 is 10.6. The number of ether oxygens (including phenoxy) is 2. The Morgan fingerprint density at radius 3 is 2.79 bits per heavy atom. The van der Waals surface area contributed by atoms with Gasteiger partial charge in [0.1, 0.15) is 0 Å². The van der Waals surface area contributed by atoms with Crippen molar-refractivity contribution in [2.75, 3.05) is 33.0 Å². The SMILES string of the molecule is CC(C(=O)c1ccc2c(c1)OCO2)N1CCNCC1. The minimum atomic E-state index is -0.0949. The molecule has 2 aliphatic heterocycles. The van der Waals surface area contributed by atoms with E-state index in [9.17, 15) is 4.79 Å². The van der Waals surface area contributed by atoms with Crippen molar-refractivity contribution in [2.24, 2.45) is 0 Å². The van der Waals surface area contributed by atoms with E-state index in [0.29, 0.717) is 17.1 Å². The Labute approximate surface area is 112 Å². The second-order valence-corrected chi connectivity index (χ2v) is 4.89. The van der Waals surface area contributed by atoms with Gasteiger partial charge in [0.2, 0.25) is 6.79 Å². The zero-order valence-electron chi connectivity index (χ0n) is 11.0. The molecule has 19 heavy (non-hydrogen) atoms. The van der Waals surface area contributed by atoms with Crippen LogP contribution in [0.2, 0.25) is 0 Å². The maximum atomic E-state index is 12.5. The molecule has 1 N–H and O–H groups in total. The lowest BCUT2D eigenvalue weighted by Gasteiger charge is -2.31. The van der Waals surface area contributed by atoms with Gasteiger partial charge in [-0.1, -0.05) is 0 Å². The Balaban J connectivity index is 1.75. The summed E-state index contributed by atoms with van der Waals surface area (Å²) in [7, 11) is 0. The monoisotopic (exact) mass is 262 g/mol. The first-order valence-electron chi connectivity index (χ1n) is 6.64. The maximum Gasteiger partial charge on any atom is 0.231 e. The second-order valence-electron chi connectivity index (χ2n) is 4.89. The van der Waals surface area contributed by atoms with Crippen LogP contribution in [0.4, 0.5) is 0 Å². The summed E-state index contributed by atoms with van der Waals surface area (Å²) in [5.41, 5.74) is 0.690. The molecule has 5 nitrogen and oxygen atoms in total. The molecule has 1 atom stereocenters. The van der Waals surface area contributed by atoms with Crippen molar-refractivity contribution in [3.05, 3.63) is 23.8 Å². The fraction of sp³-hybridized carbons (Fsp3) is 0.500. The molecule has 1 aromatic carbocycles. The summed E-state index contributed by atoms with van der Waals surface area (Å²) >= 11 is 0. The molecule has 0 amide bonds. The molecule has 0 bridgehead atoms. The molecule has 0 saturated carbocycles. The van der Waals surface area contributed by atoms with E-state index in [1.807, 2.05) is 13.0 Å². The summed E-state index contributed by atoms with van der Waals surface area (Å²) in [6.07, 6.45) is 0. The average molecular weight is 262 g/mol. The number of fused-ring (bicyclic) bond motifs is 1. The predicted molar refractivity (Wildman–Crippen MR) is 70.8 cm³/mol. The summed E-state index contributed by atoms with van der Waals surface area (Å²) in [5.74, 6) is 1.52. The van der Waals surface area contributed by atoms with E-state index >= 15 is 0 Å². The topological polar surface area (TPSA) is 50.8 Å². The number of ketones is 1. The lowest BCUT2D eigenvalue weighted by Crippen LogP contribution is -2.50. The van der Waals surface area contributed by atoms with Crippen LogP contribution in [0.1, 0.15) is 17.3 Å². The third-order valence-corrected chi connectivity index (χ3v) is 3.74. The molecule has 102 valence electrons. The molecule has 3 rings (SSSR count). The molecule has 5 heteroatoms. The minimum Gasteiger partial charge on any atom is -0.454 e. The van der Waals surface area contributed by atoms with Crippen LogP contribution in [0, 0.1) is 0 Å². The number of nitrogens with one attached hydrogen (secondary N) is 1. The standard InChI is InChI=1S/C14H18N2O3/c1-10(16-6-4-15-5-7-16)14(17)11-2-3-12-13(8-11)19-9-18-12/h2-3,8,10,15H,4-7,9H2,1H3. The van der Waals surface area contributed by atoms with E-state index < -0.39 is 0 Å². The van der Waals surface area contributed by atoms with Crippen LogP contribution in [0.3, 0.4) is 0 Å². The van der Waals surface area contributed by atoms with Gasteiger partial charge in [0.15, 0.2) is 17.3 Å². The largest absolute Gasteiger partial charge is 0.454 e. The van der Waals surface area contributed by atoms with Crippen LogP contribution in [0.15, 0.2) is 18.2 Å². The normalized spacial score (nSPS) is 20.3. The van der Waals surface area contributed by atoms with Crippen LogP contribution in [-0.2, 0) is 0 Å². The first-order valence-corrected chi connectivity index (χ1v) is 6.64. The first-order chi connectivity index (χ1) is 9.25. The first kappa shape index (κ1) is 12.4. The van der Waals surface area contributed by atoms with Crippen molar-refractivity contribution in [1.82, 2.24) is 10.2 Å². The zero-order valence-corrected chi connectivity index (χ0v) is 11.0. The van der Waals surface area contributed by atoms with E-state index in [2.05, 4.69) is 10.2 Å². The van der Waals surface area contributed by atoms with Crippen molar-refractivity contribution in [1.29, 1.82) is 0 Å². The van der Waals surface area contributed by atoms with Crippen LogP contribution in [0.5, 0.6) is 11.5 Å². The summed E-state index contributed by atoms with van der Waals surface area (Å²) in [4.78, 5) is 14.7. The lowest BCUT2D eigenvalue weighted by molar-refractivity contribution is 0.0820. The summed E-state index contributed by atoms with van der Waals surface area (Å²) in [5, 5.41) is 3.29. The van der Waals surface area contributed by atoms with Gasteiger partial charge in [-0.3, -0.25) is 9.69 Å². The molecular formula is C14H18N2O3. The van der Waals surface area contributed by atoms with Crippen molar-refractivity contribution in [3.8, 4) is 11.5 Å². The highest BCUT2D eigenvalue weighted by molar-refractivity contribution is 6.00. The number of carbonyl (C=O) groups is 1. The Morgan fingerprint density at radius 1 is 1.26 bits per heavy atom. The highest BCUT2D eigenvalue weighted by Gasteiger charge is 2.25. The van der Waals surface area contributed by atoms with Crippen LogP contribution in [0.25, 0.3) is 0 Å². The van der Waals surface area contributed by atoms with Gasteiger partial charge in [-0.25, -0.2) is 0 Å². The van der Waals surface area contributed by atoms with Crippen LogP contribution in [-0.4, -0.2) is 49.7 Å². The average Bonchev–Trinajstić information content (AvgIpc) is 2.94. The molecule has 0 radical (unpaired) electrons. The minimum absolute atomic E-state index is 0.0949. The molecule has 1 fully saturated rings. The predicted octanol–water partition coefficient (Wildman–Crippen LogP) is 0.892. The van der Waals surface area contributed by atoms with E-state index in [-0.39, 0.29) is 18.6 Å². The number of hydrogen-bond donors (Lipinski definition) is 1. The van der Waals surface area contributed by atoms with Gasteiger partial charge in [-0.15, -0.1) is 0 Å². The third-order valence-electron chi connectivity index (χ3n) is 3.74. The van der Waals surface area contributed by atoms with E-state index in [4.69, 9.17) is 9.47 Å². The van der Waals surface area contributed by atoms with Crippen LogP contribution < -0.4 is 14.8 Å². The van der Waals surface area contributed by atoms with Crippen molar-refractivity contribution in [2.45, 2.75) is 13.0 Å². The van der Waals surface area contributed by atoms with Gasteiger partial charge in [0, 0.05) is 31.7 Å². The molecule has 1 saturated heterocycles. The van der Waals surface area contributed by atoms with Crippen molar-refractivity contribution >= 4 is 5.78 Å². The van der Waals surface area contributed by atoms with E-state index in [0.717, 1.165) is 26.2 Å². The number of piperazine rings is 1. The lowest BCUT2D eigenvalue weighted by atomic mass is 10.0. The molecule has 1 aromatic rings. The van der Waals surface area contributed by atoms with Gasteiger partial charge in [0.05, 0.1) is 6.04 Å². The van der Waals surface area contributed by atoms with E-state index in [1.54, 1.807) is 12.1 Å². The molecule has 2 aliphatic rings. The summed E-state index contributed by atoms with van der Waals surface area (Å²) in [6, 6.07) is 5.31. The fourth-order valence-electron chi connectivity index (χ4n) is 2.53. The number of carbonyl (C=O) groups excluding carboxylic acids is 1. The molecular weight excluding hydrogens is 244 g/mol. The molecule has 2 heterocycles. The van der Waals surface area contributed by atoms with Gasteiger partial charge in [-0.05, 0) is 25.1 Å². The van der Waals surface area contributed by atoms with Gasteiger partial charge < -0.3 is 14.8 Å². The Morgan fingerprint density at radius 2 is 2.00 bits per heavy atom. The highest BCUT2D eigenvalue weighted by atomic mass is 16.7. The van der Waals surface area contributed by atoms with Gasteiger partial charge in [0.25, 0.3) is 0 Å². The summed E-state index contributed by atoms with van der Waals surface area (Å²) in [6.45, 7) is 5.92. The smallest absolute Gasteiger partial charge is 0.231 e. The molecule has 0 aliphatic carbocycles. The maximum absolute atomic E-state index is 12.5. The molecule has 1 unspecified atom stereocenters. The highest BCUT2D eigenvalue weighted by Crippen LogP contribution is 2.32. The van der Waals surface area contributed by atoms with Gasteiger partial charge in [-0.2, -0.15) is 0 Å². The Kier molecular flexibility index (Phi) is 3.40. The third kappa shape index (κ3) is 2.43. The number of Topliss-reactive ketones (excluding diaryl/α,β-unsaturated/α-hetero) is 1. The van der Waals surface area contributed by atoms with Crippen molar-refractivity contribution in [3.63, 3.8) is 0 Å². The quantitative estimate of drug-likeness (QED) is 0.820. The number of hydrogen-bond acceptors (Lipinski definition) is 5. The molecule has 0 aromatic heterocycles. The number of rotatable bonds is 3. The zero-order chi connectivity index (χ0) is 13.2. The fourth-order valence-corrected chi connectivity index (χ4v) is 2.53. The Hall–Kier alpha value is -1.59. The number of benzene rings is 1. The van der Waals surface area contributed by atoms with Crippen molar-refractivity contribution < 1.29 is 14.3 Å². The van der Waals surface area contributed by atoms with E-state index in [1.165, 1.54) is 0 Å². The Bertz CT molecular complexity index is 484.